The molecule has 0 spiro atoms. The molecule has 0 aliphatic carbocycles. The standard InChI is InChI=1S/C14H14O4S3/c1-19-12-3-2-4-13(9-12)20-11-7-5-10(6-8-11)14(15)21(16,17)18/h2-9,14-15H,1H3,(H,16,17,18)/p-1. The average molecular weight is 341 g/mol. The Balaban J connectivity index is 2.16. The molecule has 2 aromatic carbocycles. The number of aliphatic hydroxyl groups is 1. The number of hydrogen-bond donors (Lipinski definition) is 1. The monoisotopic (exact) mass is 341 g/mol. The third-order valence-electron chi connectivity index (χ3n) is 2.72. The van der Waals surface area contributed by atoms with Crippen LogP contribution >= 0.6 is 23.5 Å². The summed E-state index contributed by atoms with van der Waals surface area (Å²) in [5.41, 5.74) is -1.94. The fourth-order valence-corrected chi connectivity index (χ4v) is 3.57. The van der Waals surface area contributed by atoms with E-state index in [9.17, 15) is 18.1 Å². The van der Waals surface area contributed by atoms with Gasteiger partial charge in [-0.15, -0.1) is 11.8 Å². The van der Waals surface area contributed by atoms with E-state index in [1.165, 1.54) is 23.9 Å². The molecule has 0 saturated carbocycles. The van der Waals surface area contributed by atoms with E-state index in [1.54, 1.807) is 23.9 Å². The van der Waals surface area contributed by atoms with Crippen molar-refractivity contribution in [2.75, 3.05) is 6.26 Å². The van der Waals surface area contributed by atoms with Gasteiger partial charge in [-0.25, -0.2) is 8.42 Å². The summed E-state index contributed by atoms with van der Waals surface area (Å²) in [5, 5.41) is 9.40. The molecule has 0 radical (unpaired) electrons. The van der Waals surface area contributed by atoms with Crippen LogP contribution in [0.2, 0.25) is 0 Å². The maximum absolute atomic E-state index is 10.8. The second-order valence-electron chi connectivity index (χ2n) is 4.20. The van der Waals surface area contributed by atoms with Crippen LogP contribution in [-0.2, 0) is 10.1 Å². The molecule has 21 heavy (non-hydrogen) atoms. The highest BCUT2D eigenvalue weighted by molar-refractivity contribution is 7.99. The molecule has 7 heteroatoms. The molecule has 1 atom stereocenters. The van der Waals surface area contributed by atoms with E-state index in [0.717, 1.165) is 14.7 Å². The van der Waals surface area contributed by atoms with Gasteiger partial charge in [-0.05, 0) is 42.2 Å². The van der Waals surface area contributed by atoms with Gasteiger partial charge in [0.2, 0.25) is 0 Å². The number of benzene rings is 2. The zero-order valence-corrected chi connectivity index (χ0v) is 13.5. The van der Waals surface area contributed by atoms with Crippen molar-refractivity contribution >= 4 is 33.6 Å². The highest BCUT2D eigenvalue weighted by Gasteiger charge is 2.14. The van der Waals surface area contributed by atoms with Crippen molar-refractivity contribution in [3.05, 3.63) is 54.1 Å². The Morgan fingerprint density at radius 3 is 2.24 bits per heavy atom. The van der Waals surface area contributed by atoms with Gasteiger partial charge in [-0.1, -0.05) is 30.0 Å². The summed E-state index contributed by atoms with van der Waals surface area (Å²) in [7, 11) is -4.74. The third-order valence-corrected chi connectivity index (χ3v) is 5.26. The van der Waals surface area contributed by atoms with Crippen molar-refractivity contribution < 1.29 is 18.1 Å². The Morgan fingerprint density at radius 1 is 1.05 bits per heavy atom. The summed E-state index contributed by atoms with van der Waals surface area (Å²) >= 11 is 3.18. The van der Waals surface area contributed by atoms with Crippen LogP contribution in [0.3, 0.4) is 0 Å². The highest BCUT2D eigenvalue weighted by Crippen LogP contribution is 2.31. The largest absolute Gasteiger partial charge is 0.746 e. The molecule has 0 aromatic heterocycles. The quantitative estimate of drug-likeness (QED) is 0.665. The fourth-order valence-electron chi connectivity index (χ4n) is 1.67. The van der Waals surface area contributed by atoms with Crippen molar-refractivity contribution in [3.8, 4) is 0 Å². The van der Waals surface area contributed by atoms with E-state index in [1.807, 2.05) is 24.5 Å². The summed E-state index contributed by atoms with van der Waals surface area (Å²) in [6, 6.07) is 14.3. The number of rotatable bonds is 5. The predicted molar refractivity (Wildman–Crippen MR) is 83.4 cm³/mol. The first-order valence-corrected chi connectivity index (χ1v) is 9.46. The van der Waals surface area contributed by atoms with Gasteiger partial charge in [0.15, 0.2) is 5.44 Å². The zero-order valence-electron chi connectivity index (χ0n) is 11.1. The van der Waals surface area contributed by atoms with Gasteiger partial charge < -0.3 is 9.66 Å². The lowest BCUT2D eigenvalue weighted by atomic mass is 10.2. The smallest absolute Gasteiger partial charge is 0.168 e. The summed E-state index contributed by atoms with van der Waals surface area (Å²) < 4.78 is 32.3. The zero-order chi connectivity index (χ0) is 15.5. The highest BCUT2D eigenvalue weighted by atomic mass is 32.2. The number of aliphatic hydroxyl groups excluding tert-OH is 1. The minimum absolute atomic E-state index is 0.0761. The van der Waals surface area contributed by atoms with Gasteiger partial charge in [-0.2, -0.15) is 0 Å². The van der Waals surface area contributed by atoms with Crippen LogP contribution in [0, 0.1) is 0 Å². The number of hydrogen-bond acceptors (Lipinski definition) is 6. The topological polar surface area (TPSA) is 77.4 Å². The number of thioether (sulfide) groups is 1. The van der Waals surface area contributed by atoms with Crippen LogP contribution in [0.25, 0.3) is 0 Å². The van der Waals surface area contributed by atoms with Crippen molar-refractivity contribution in [1.29, 1.82) is 0 Å². The Labute approximate surface area is 132 Å². The molecule has 0 amide bonds. The van der Waals surface area contributed by atoms with Gasteiger partial charge in [0, 0.05) is 14.7 Å². The molecule has 0 saturated heterocycles. The Morgan fingerprint density at radius 2 is 1.67 bits per heavy atom. The average Bonchev–Trinajstić information content (AvgIpc) is 2.46. The van der Waals surface area contributed by atoms with E-state index >= 15 is 0 Å². The minimum atomic E-state index is -4.74. The molecular weight excluding hydrogens is 328 g/mol. The molecule has 0 bridgehead atoms. The first kappa shape index (κ1) is 16.4. The first-order chi connectivity index (χ1) is 9.90. The molecule has 0 aliphatic heterocycles. The van der Waals surface area contributed by atoms with Gasteiger partial charge >= 0.3 is 0 Å². The van der Waals surface area contributed by atoms with Crippen molar-refractivity contribution in [2.24, 2.45) is 0 Å². The fraction of sp³-hybridized carbons (Fsp3) is 0.143. The van der Waals surface area contributed by atoms with E-state index in [-0.39, 0.29) is 5.56 Å². The lowest BCUT2D eigenvalue weighted by Crippen LogP contribution is -2.11. The maximum atomic E-state index is 10.8. The normalized spacial score (nSPS) is 13.1. The van der Waals surface area contributed by atoms with Crippen molar-refractivity contribution in [2.45, 2.75) is 20.1 Å². The van der Waals surface area contributed by atoms with E-state index in [0.29, 0.717) is 0 Å². The molecular formula is C14H13O4S3-. The van der Waals surface area contributed by atoms with Gasteiger partial charge in [0.05, 0.1) is 0 Å². The maximum Gasteiger partial charge on any atom is 0.168 e. The SMILES string of the molecule is CSc1cccc(Sc2ccc(C(O)S(=O)(=O)[O-])cc2)c1. The van der Waals surface area contributed by atoms with Crippen LogP contribution in [0.4, 0.5) is 0 Å². The molecule has 0 fully saturated rings. The van der Waals surface area contributed by atoms with E-state index < -0.39 is 15.6 Å². The van der Waals surface area contributed by atoms with Crippen molar-refractivity contribution in [1.82, 2.24) is 0 Å². The van der Waals surface area contributed by atoms with Gasteiger partial charge in [0.25, 0.3) is 0 Å². The predicted octanol–water partition coefficient (Wildman–Crippen LogP) is 3.10. The Kier molecular flexibility index (Phi) is 5.34. The summed E-state index contributed by atoms with van der Waals surface area (Å²) in [4.78, 5) is 3.11. The molecule has 112 valence electrons. The second-order valence-corrected chi connectivity index (χ2v) is 7.65. The molecule has 1 unspecified atom stereocenters. The van der Waals surface area contributed by atoms with Crippen LogP contribution < -0.4 is 0 Å². The van der Waals surface area contributed by atoms with Crippen LogP contribution in [0.1, 0.15) is 11.0 Å². The lowest BCUT2D eigenvalue weighted by molar-refractivity contribution is 0.236. The third kappa shape index (κ3) is 4.49. The molecule has 1 N–H and O–H groups in total. The second kappa shape index (κ2) is 6.85. The molecule has 0 aliphatic rings. The molecule has 2 rings (SSSR count). The van der Waals surface area contributed by atoms with Gasteiger partial charge in [0.1, 0.15) is 10.1 Å². The van der Waals surface area contributed by atoms with Crippen molar-refractivity contribution in [3.63, 3.8) is 0 Å². The summed E-state index contributed by atoms with van der Waals surface area (Å²) in [6.45, 7) is 0. The first-order valence-electron chi connectivity index (χ1n) is 5.95. The molecule has 4 nitrogen and oxygen atoms in total. The van der Waals surface area contributed by atoms with Gasteiger partial charge in [-0.3, -0.25) is 0 Å². The van der Waals surface area contributed by atoms with Crippen LogP contribution in [0.5, 0.6) is 0 Å². The Bertz CT molecular complexity index is 711. The van der Waals surface area contributed by atoms with Crippen LogP contribution in [0.15, 0.2) is 63.2 Å². The molecule has 2 aromatic rings. The van der Waals surface area contributed by atoms with E-state index in [2.05, 4.69) is 6.07 Å². The minimum Gasteiger partial charge on any atom is -0.746 e. The summed E-state index contributed by atoms with van der Waals surface area (Å²) in [5.74, 6) is 0. The Hall–Kier alpha value is -0.990. The summed E-state index contributed by atoms with van der Waals surface area (Å²) in [6.07, 6.45) is 2.00. The molecule has 0 heterocycles. The van der Waals surface area contributed by atoms with Crippen LogP contribution in [-0.4, -0.2) is 24.3 Å². The van der Waals surface area contributed by atoms with E-state index in [4.69, 9.17) is 0 Å². The lowest BCUT2D eigenvalue weighted by Gasteiger charge is -2.15.